The lowest BCUT2D eigenvalue weighted by atomic mass is 10.3. The zero-order chi connectivity index (χ0) is 13.4. The van der Waals surface area contributed by atoms with Gasteiger partial charge in [-0.1, -0.05) is 0 Å². The van der Waals surface area contributed by atoms with Crippen molar-refractivity contribution in [3.05, 3.63) is 17.0 Å². The van der Waals surface area contributed by atoms with Crippen LogP contribution in [0.1, 0.15) is 18.9 Å². The fraction of sp³-hybridized carbons (Fsp3) is 0.636. The highest BCUT2D eigenvalue weighted by atomic mass is 32.2. The molecule has 0 aromatic carbocycles. The molecule has 1 rings (SSSR count). The number of ether oxygens (including phenoxy) is 1. The van der Waals surface area contributed by atoms with E-state index in [0.717, 1.165) is 5.56 Å². The van der Waals surface area contributed by atoms with Gasteiger partial charge in [0.2, 0.25) is 10.0 Å². The van der Waals surface area contributed by atoms with Crippen LogP contribution >= 0.6 is 11.3 Å². The molecule has 2 N–H and O–H groups in total. The summed E-state index contributed by atoms with van der Waals surface area (Å²) in [6.07, 6.45) is 0.682. The predicted octanol–water partition coefficient (Wildman–Crippen LogP) is 1.17. The quantitative estimate of drug-likeness (QED) is 0.671. The van der Waals surface area contributed by atoms with Crippen LogP contribution in [0.2, 0.25) is 0 Å². The van der Waals surface area contributed by atoms with Crippen molar-refractivity contribution >= 4 is 21.4 Å². The standard InChI is InChI=1S/C11H20N2O3S2/c1-3-16-6-4-5-13-18(14,15)11-7-10(8-12-2)9-17-11/h7,9,12-13H,3-6,8H2,1-2H3. The molecule has 5 nitrogen and oxygen atoms in total. The van der Waals surface area contributed by atoms with Crippen LogP contribution in [0.5, 0.6) is 0 Å². The molecule has 0 saturated carbocycles. The molecule has 0 bridgehead atoms. The average Bonchev–Trinajstić information content (AvgIpc) is 2.79. The maximum absolute atomic E-state index is 11.9. The minimum atomic E-state index is -3.36. The maximum Gasteiger partial charge on any atom is 0.250 e. The Kier molecular flexibility index (Phi) is 6.80. The van der Waals surface area contributed by atoms with Crippen molar-refractivity contribution in [1.82, 2.24) is 10.0 Å². The molecule has 0 amide bonds. The van der Waals surface area contributed by atoms with Crippen molar-refractivity contribution in [3.8, 4) is 0 Å². The normalized spacial score (nSPS) is 11.9. The molecule has 0 fully saturated rings. The van der Waals surface area contributed by atoms with Gasteiger partial charge in [-0.25, -0.2) is 13.1 Å². The van der Waals surface area contributed by atoms with Gasteiger partial charge in [-0.15, -0.1) is 11.3 Å². The van der Waals surface area contributed by atoms with Crippen molar-refractivity contribution in [2.45, 2.75) is 24.1 Å². The van der Waals surface area contributed by atoms with Crippen LogP contribution in [-0.2, 0) is 21.3 Å². The lowest BCUT2D eigenvalue weighted by Crippen LogP contribution is -2.24. The summed E-state index contributed by atoms with van der Waals surface area (Å²) < 4.78 is 31.9. The van der Waals surface area contributed by atoms with E-state index in [2.05, 4.69) is 10.0 Å². The van der Waals surface area contributed by atoms with E-state index in [1.807, 2.05) is 19.4 Å². The first-order chi connectivity index (χ1) is 8.60. The van der Waals surface area contributed by atoms with Crippen molar-refractivity contribution < 1.29 is 13.2 Å². The Labute approximate surface area is 113 Å². The second kappa shape index (κ2) is 7.85. The molecule has 0 saturated heterocycles. The molecular formula is C11H20N2O3S2. The van der Waals surface area contributed by atoms with Gasteiger partial charge in [0.25, 0.3) is 0 Å². The summed E-state index contributed by atoms with van der Waals surface area (Å²) in [6.45, 7) is 4.23. The van der Waals surface area contributed by atoms with E-state index >= 15 is 0 Å². The number of thiophene rings is 1. The van der Waals surface area contributed by atoms with Crippen LogP contribution in [0.4, 0.5) is 0 Å². The molecule has 0 aliphatic rings. The number of hydrogen-bond acceptors (Lipinski definition) is 5. The third kappa shape index (κ3) is 5.03. The Morgan fingerprint density at radius 1 is 1.44 bits per heavy atom. The van der Waals surface area contributed by atoms with E-state index < -0.39 is 10.0 Å². The SMILES string of the molecule is CCOCCCNS(=O)(=O)c1cc(CNC)cs1. The molecular weight excluding hydrogens is 272 g/mol. The molecule has 18 heavy (non-hydrogen) atoms. The summed E-state index contributed by atoms with van der Waals surface area (Å²) in [4.78, 5) is 0. The molecule has 0 atom stereocenters. The van der Waals surface area contributed by atoms with E-state index in [4.69, 9.17) is 4.74 Å². The fourth-order valence-electron chi connectivity index (χ4n) is 1.39. The van der Waals surface area contributed by atoms with Crippen LogP contribution in [0.25, 0.3) is 0 Å². The van der Waals surface area contributed by atoms with E-state index in [1.165, 1.54) is 11.3 Å². The van der Waals surface area contributed by atoms with Crippen LogP contribution in [0, 0.1) is 0 Å². The third-order valence-corrected chi connectivity index (χ3v) is 5.19. The monoisotopic (exact) mass is 292 g/mol. The minimum Gasteiger partial charge on any atom is -0.382 e. The van der Waals surface area contributed by atoms with Crippen LogP contribution in [0.3, 0.4) is 0 Å². The van der Waals surface area contributed by atoms with Gasteiger partial charge in [-0.2, -0.15) is 0 Å². The first-order valence-electron chi connectivity index (χ1n) is 5.89. The van der Waals surface area contributed by atoms with E-state index in [-0.39, 0.29) is 0 Å². The summed E-state index contributed by atoms with van der Waals surface area (Å²) >= 11 is 1.24. The van der Waals surface area contributed by atoms with Crippen LogP contribution in [-0.4, -0.2) is 35.2 Å². The molecule has 104 valence electrons. The maximum atomic E-state index is 11.9. The van der Waals surface area contributed by atoms with Crippen LogP contribution in [0.15, 0.2) is 15.7 Å². The van der Waals surface area contributed by atoms with Gasteiger partial charge in [0.15, 0.2) is 0 Å². The summed E-state index contributed by atoms with van der Waals surface area (Å²) in [6, 6.07) is 1.70. The van der Waals surface area contributed by atoms with Crippen molar-refractivity contribution in [2.24, 2.45) is 0 Å². The Bertz CT molecular complexity index is 443. The van der Waals surface area contributed by atoms with Gasteiger partial charge in [-0.05, 0) is 37.4 Å². The Morgan fingerprint density at radius 3 is 2.89 bits per heavy atom. The molecule has 1 heterocycles. The highest BCUT2D eigenvalue weighted by molar-refractivity contribution is 7.91. The third-order valence-electron chi connectivity index (χ3n) is 2.24. The second-order valence-corrected chi connectivity index (χ2v) is 6.66. The fourth-order valence-corrected chi connectivity index (χ4v) is 3.72. The second-order valence-electron chi connectivity index (χ2n) is 3.75. The molecule has 1 aromatic heterocycles. The smallest absolute Gasteiger partial charge is 0.250 e. The van der Waals surface area contributed by atoms with Gasteiger partial charge in [0.05, 0.1) is 0 Å². The molecule has 0 unspecified atom stereocenters. The molecule has 0 spiro atoms. The number of hydrogen-bond donors (Lipinski definition) is 2. The van der Waals surface area contributed by atoms with Crippen LogP contribution < -0.4 is 10.0 Å². The summed E-state index contributed by atoms with van der Waals surface area (Å²) in [7, 11) is -1.53. The molecule has 1 aromatic rings. The molecule has 0 aliphatic heterocycles. The lowest BCUT2D eigenvalue weighted by Gasteiger charge is -2.04. The topological polar surface area (TPSA) is 67.4 Å². The van der Waals surface area contributed by atoms with Gasteiger partial charge in [0, 0.05) is 26.3 Å². The largest absolute Gasteiger partial charge is 0.382 e. The number of sulfonamides is 1. The summed E-state index contributed by atoms with van der Waals surface area (Å²) in [5.74, 6) is 0. The highest BCUT2D eigenvalue weighted by Crippen LogP contribution is 2.19. The van der Waals surface area contributed by atoms with Gasteiger partial charge >= 0.3 is 0 Å². The number of nitrogens with one attached hydrogen (secondary N) is 2. The Balaban J connectivity index is 2.46. The summed E-state index contributed by atoms with van der Waals surface area (Å²) in [5.41, 5.74) is 0.984. The zero-order valence-corrected chi connectivity index (χ0v) is 12.4. The Morgan fingerprint density at radius 2 is 2.22 bits per heavy atom. The van der Waals surface area contributed by atoms with E-state index in [0.29, 0.717) is 36.9 Å². The average molecular weight is 292 g/mol. The van der Waals surface area contributed by atoms with E-state index in [9.17, 15) is 8.42 Å². The Hall–Kier alpha value is -0.470. The predicted molar refractivity (Wildman–Crippen MR) is 73.4 cm³/mol. The first-order valence-corrected chi connectivity index (χ1v) is 8.26. The zero-order valence-electron chi connectivity index (χ0n) is 10.7. The molecule has 7 heteroatoms. The van der Waals surface area contributed by atoms with Gasteiger partial charge in [0.1, 0.15) is 4.21 Å². The van der Waals surface area contributed by atoms with Gasteiger partial charge < -0.3 is 10.1 Å². The molecule has 0 aliphatic carbocycles. The van der Waals surface area contributed by atoms with Gasteiger partial charge in [-0.3, -0.25) is 0 Å². The molecule has 0 radical (unpaired) electrons. The lowest BCUT2D eigenvalue weighted by molar-refractivity contribution is 0.146. The number of rotatable bonds is 9. The highest BCUT2D eigenvalue weighted by Gasteiger charge is 2.15. The first kappa shape index (κ1) is 15.6. The summed E-state index contributed by atoms with van der Waals surface area (Å²) in [5, 5.41) is 4.84. The van der Waals surface area contributed by atoms with Crippen molar-refractivity contribution in [2.75, 3.05) is 26.8 Å². The van der Waals surface area contributed by atoms with Crippen molar-refractivity contribution in [3.63, 3.8) is 0 Å². The van der Waals surface area contributed by atoms with E-state index in [1.54, 1.807) is 6.07 Å². The minimum absolute atomic E-state index is 0.365. The van der Waals surface area contributed by atoms with Crippen molar-refractivity contribution in [1.29, 1.82) is 0 Å².